The molecule has 0 unspecified atom stereocenters. The number of halogens is 2. The Morgan fingerprint density at radius 3 is 2.35 bits per heavy atom. The fourth-order valence-electron chi connectivity index (χ4n) is 3.70. The van der Waals surface area contributed by atoms with E-state index in [0.717, 1.165) is 22.0 Å². The van der Waals surface area contributed by atoms with Crippen molar-refractivity contribution in [2.45, 2.75) is 0 Å². The second-order valence-corrected chi connectivity index (χ2v) is 7.97. The summed E-state index contributed by atoms with van der Waals surface area (Å²) in [5.74, 6) is 0.520. The number of nitrogens with zero attached hydrogens (tertiary/aromatic N) is 2. The van der Waals surface area contributed by atoms with Gasteiger partial charge in [-0.2, -0.15) is 0 Å². The van der Waals surface area contributed by atoms with Crippen LogP contribution in [0, 0.1) is 0 Å². The smallest absolute Gasteiger partial charge is 0.266 e. The highest BCUT2D eigenvalue weighted by Gasteiger charge is 2.13. The highest BCUT2D eigenvalue weighted by Crippen LogP contribution is 2.25. The van der Waals surface area contributed by atoms with Crippen molar-refractivity contribution in [2.24, 2.45) is 0 Å². The van der Waals surface area contributed by atoms with E-state index in [1.165, 1.54) is 0 Å². The van der Waals surface area contributed by atoms with Gasteiger partial charge in [0.2, 0.25) is 0 Å². The molecule has 0 bridgehead atoms. The first-order valence-electron chi connectivity index (χ1n) is 9.75. The van der Waals surface area contributed by atoms with Crippen LogP contribution < -0.4 is 5.56 Å². The highest BCUT2D eigenvalue weighted by molar-refractivity contribution is 6.35. The predicted octanol–water partition coefficient (Wildman–Crippen LogP) is 7.02. The third-order valence-electron chi connectivity index (χ3n) is 5.18. The first kappa shape index (κ1) is 19.6. The van der Waals surface area contributed by atoms with E-state index in [4.69, 9.17) is 28.2 Å². The average Bonchev–Trinajstić information content (AvgIpc) is 2.78. The molecule has 0 spiro atoms. The molecule has 5 aromatic rings. The number of para-hydroxylation sites is 1. The molecule has 0 saturated heterocycles. The van der Waals surface area contributed by atoms with Gasteiger partial charge in [-0.1, -0.05) is 77.8 Å². The zero-order valence-electron chi connectivity index (χ0n) is 16.3. The summed E-state index contributed by atoms with van der Waals surface area (Å²) in [6.07, 6.45) is 3.65. The Morgan fingerprint density at radius 1 is 0.774 bits per heavy atom. The number of rotatable bonds is 3. The molecule has 0 N–H and O–H groups in total. The third-order valence-corrected chi connectivity index (χ3v) is 5.75. The molecule has 1 heterocycles. The van der Waals surface area contributed by atoms with Gasteiger partial charge in [0.15, 0.2) is 0 Å². The molecule has 150 valence electrons. The Labute approximate surface area is 188 Å². The SMILES string of the molecule is O=c1c2ccccc2nc(C=Cc2ccc(Cl)cc2Cl)n1-c1cccc2ccccc12. The van der Waals surface area contributed by atoms with Crippen molar-refractivity contribution in [1.29, 1.82) is 0 Å². The lowest BCUT2D eigenvalue weighted by Crippen LogP contribution is -2.22. The van der Waals surface area contributed by atoms with Crippen molar-refractivity contribution in [3.05, 3.63) is 117 Å². The second kappa shape index (κ2) is 8.03. The Hall–Kier alpha value is -3.40. The van der Waals surface area contributed by atoms with Crippen LogP contribution in [0.1, 0.15) is 11.4 Å². The van der Waals surface area contributed by atoms with E-state index in [1.807, 2.05) is 78.9 Å². The normalized spacial score (nSPS) is 11.5. The minimum atomic E-state index is -0.121. The molecule has 0 fully saturated rings. The summed E-state index contributed by atoms with van der Waals surface area (Å²) in [7, 11) is 0. The molecular formula is C26H16Cl2N2O. The summed E-state index contributed by atoms with van der Waals surface area (Å²) in [4.78, 5) is 18.4. The summed E-state index contributed by atoms with van der Waals surface area (Å²) in [5, 5.41) is 3.69. The van der Waals surface area contributed by atoms with Crippen LogP contribution in [0.3, 0.4) is 0 Å². The molecule has 31 heavy (non-hydrogen) atoms. The summed E-state index contributed by atoms with van der Waals surface area (Å²) in [6, 6.07) is 26.6. The Balaban J connectivity index is 1.80. The number of benzene rings is 4. The van der Waals surface area contributed by atoms with Gasteiger partial charge in [-0.15, -0.1) is 0 Å². The van der Waals surface area contributed by atoms with Crippen molar-refractivity contribution < 1.29 is 0 Å². The molecule has 0 aliphatic rings. The van der Waals surface area contributed by atoms with Crippen LogP contribution in [0.15, 0.2) is 89.7 Å². The van der Waals surface area contributed by atoms with E-state index in [9.17, 15) is 4.79 Å². The zero-order valence-corrected chi connectivity index (χ0v) is 17.8. The molecule has 0 atom stereocenters. The number of hydrogen-bond acceptors (Lipinski definition) is 2. The minimum Gasteiger partial charge on any atom is -0.268 e. The second-order valence-electron chi connectivity index (χ2n) is 7.13. The summed E-state index contributed by atoms with van der Waals surface area (Å²) in [5.41, 5.74) is 2.09. The van der Waals surface area contributed by atoms with Gasteiger partial charge < -0.3 is 0 Å². The van der Waals surface area contributed by atoms with E-state index in [1.54, 1.807) is 22.8 Å². The number of aromatic nitrogens is 2. The maximum Gasteiger partial charge on any atom is 0.266 e. The van der Waals surface area contributed by atoms with Crippen molar-refractivity contribution in [2.75, 3.05) is 0 Å². The van der Waals surface area contributed by atoms with Crippen molar-refractivity contribution >= 4 is 57.0 Å². The van der Waals surface area contributed by atoms with Gasteiger partial charge in [0.1, 0.15) is 5.82 Å². The first-order valence-corrected chi connectivity index (χ1v) is 10.5. The van der Waals surface area contributed by atoms with Crippen LogP contribution in [0.25, 0.3) is 39.5 Å². The highest BCUT2D eigenvalue weighted by atomic mass is 35.5. The van der Waals surface area contributed by atoms with Crippen molar-refractivity contribution in [1.82, 2.24) is 9.55 Å². The Bertz CT molecular complexity index is 1530. The minimum absolute atomic E-state index is 0.121. The zero-order chi connectivity index (χ0) is 21.4. The third kappa shape index (κ3) is 3.63. The van der Waals surface area contributed by atoms with Crippen LogP contribution in [-0.2, 0) is 0 Å². The van der Waals surface area contributed by atoms with E-state index in [2.05, 4.69) is 0 Å². The monoisotopic (exact) mass is 442 g/mol. The molecule has 4 aromatic carbocycles. The average molecular weight is 443 g/mol. The lowest BCUT2D eigenvalue weighted by atomic mass is 10.1. The van der Waals surface area contributed by atoms with Gasteiger partial charge in [0.25, 0.3) is 5.56 Å². The van der Waals surface area contributed by atoms with Gasteiger partial charge in [-0.05, 0) is 53.4 Å². The van der Waals surface area contributed by atoms with Gasteiger partial charge in [0, 0.05) is 15.4 Å². The maximum atomic E-state index is 13.6. The standard InChI is InChI=1S/C26H16Cl2N2O/c27-19-14-12-18(22(28)16-19)13-15-25-29-23-10-4-3-9-21(23)26(31)30(25)24-11-5-7-17-6-1-2-8-20(17)24/h1-16H. The Kier molecular flexibility index (Phi) is 5.06. The van der Waals surface area contributed by atoms with Crippen molar-refractivity contribution in [3.63, 3.8) is 0 Å². The lowest BCUT2D eigenvalue weighted by Gasteiger charge is -2.14. The molecule has 0 radical (unpaired) electrons. The van der Waals surface area contributed by atoms with E-state index < -0.39 is 0 Å². The van der Waals surface area contributed by atoms with E-state index in [0.29, 0.717) is 26.8 Å². The molecule has 1 aromatic heterocycles. The maximum absolute atomic E-state index is 13.6. The first-order chi connectivity index (χ1) is 15.1. The summed E-state index contributed by atoms with van der Waals surface area (Å²) < 4.78 is 1.66. The van der Waals surface area contributed by atoms with Gasteiger partial charge in [-0.3, -0.25) is 9.36 Å². The molecule has 0 aliphatic carbocycles. The molecule has 0 aliphatic heterocycles. The van der Waals surface area contributed by atoms with Crippen LogP contribution in [0.4, 0.5) is 0 Å². The molecule has 3 nitrogen and oxygen atoms in total. The Morgan fingerprint density at radius 2 is 1.52 bits per heavy atom. The fraction of sp³-hybridized carbons (Fsp3) is 0. The van der Waals surface area contributed by atoms with E-state index >= 15 is 0 Å². The van der Waals surface area contributed by atoms with Crippen LogP contribution in [0.5, 0.6) is 0 Å². The van der Waals surface area contributed by atoms with Crippen LogP contribution in [-0.4, -0.2) is 9.55 Å². The largest absolute Gasteiger partial charge is 0.268 e. The van der Waals surface area contributed by atoms with Crippen LogP contribution >= 0.6 is 23.2 Å². The molecule has 0 saturated carbocycles. The molecule has 5 heteroatoms. The topological polar surface area (TPSA) is 34.9 Å². The number of hydrogen-bond donors (Lipinski definition) is 0. The molecule has 5 rings (SSSR count). The predicted molar refractivity (Wildman–Crippen MR) is 130 cm³/mol. The quantitative estimate of drug-likeness (QED) is 0.301. The van der Waals surface area contributed by atoms with Gasteiger partial charge in [-0.25, -0.2) is 4.98 Å². The van der Waals surface area contributed by atoms with Gasteiger partial charge in [0.05, 0.1) is 16.6 Å². The molecular weight excluding hydrogens is 427 g/mol. The van der Waals surface area contributed by atoms with Crippen molar-refractivity contribution in [3.8, 4) is 5.69 Å². The summed E-state index contributed by atoms with van der Waals surface area (Å²) in [6.45, 7) is 0. The number of fused-ring (bicyclic) bond motifs is 2. The lowest BCUT2D eigenvalue weighted by molar-refractivity contribution is 0.952. The fourth-order valence-corrected chi connectivity index (χ4v) is 4.17. The summed E-state index contributed by atoms with van der Waals surface area (Å²) >= 11 is 12.3. The van der Waals surface area contributed by atoms with E-state index in [-0.39, 0.29) is 5.56 Å². The van der Waals surface area contributed by atoms with Crippen LogP contribution in [0.2, 0.25) is 10.0 Å². The van der Waals surface area contributed by atoms with Gasteiger partial charge >= 0.3 is 0 Å². The molecule has 0 amide bonds.